The number of carbonyl (C=O) groups excluding carboxylic acids is 1. The van der Waals surface area contributed by atoms with Crippen LogP contribution >= 0.6 is 0 Å². The van der Waals surface area contributed by atoms with Gasteiger partial charge in [-0.05, 0) is 75.1 Å². The van der Waals surface area contributed by atoms with E-state index >= 15 is 0 Å². The van der Waals surface area contributed by atoms with E-state index in [1.54, 1.807) is 32.0 Å². The van der Waals surface area contributed by atoms with Crippen LogP contribution in [0, 0.1) is 25.2 Å². The van der Waals surface area contributed by atoms with Crippen molar-refractivity contribution in [3.63, 3.8) is 0 Å². The molecule has 0 radical (unpaired) electrons. The Bertz CT molecular complexity index is 1770. The van der Waals surface area contributed by atoms with Gasteiger partial charge < -0.3 is 19.3 Å². The van der Waals surface area contributed by atoms with Crippen molar-refractivity contribution in [3.05, 3.63) is 53.2 Å². The maximum absolute atomic E-state index is 12.0. The van der Waals surface area contributed by atoms with Crippen LogP contribution in [-0.4, -0.2) is 60.5 Å². The molecular weight excluding hydrogens is 665 g/mol. The molecule has 1 heterocycles. The predicted octanol–water partition coefficient (Wildman–Crippen LogP) is -2.20. The van der Waals surface area contributed by atoms with Crippen molar-refractivity contribution in [3.8, 4) is 11.8 Å². The van der Waals surface area contributed by atoms with Gasteiger partial charge in [0, 0.05) is 31.5 Å². The Balaban J connectivity index is 0.00000484. The summed E-state index contributed by atoms with van der Waals surface area (Å²) in [5, 5.41) is 25.1. The van der Waals surface area contributed by atoms with Crippen LogP contribution in [0.5, 0.6) is 0 Å². The fourth-order valence-electron chi connectivity index (χ4n) is 4.33. The van der Waals surface area contributed by atoms with Crippen molar-refractivity contribution in [1.82, 2.24) is 9.78 Å². The topological polar surface area (TPSA) is 213 Å². The monoisotopic (exact) mass is 693 g/mol. The number of nitrogens with one attached hydrogen (secondary N) is 1. The third-order valence-electron chi connectivity index (χ3n) is 6.19. The quantitative estimate of drug-likeness (QED) is 0.0935. The van der Waals surface area contributed by atoms with E-state index in [-0.39, 0.29) is 132 Å². The number of aryl methyl sites for hydroxylation is 2. The molecule has 1 amide bonds. The minimum absolute atomic E-state index is 0. The number of aromatic nitrogens is 2. The first kappa shape index (κ1) is 41.1. The number of rotatable bonds is 12. The average Bonchev–Trinajstić information content (AvgIpc) is 3.28. The minimum Gasteiger partial charge on any atom is -0.748 e. The van der Waals surface area contributed by atoms with Crippen molar-refractivity contribution in [2.75, 3.05) is 29.1 Å². The summed E-state index contributed by atoms with van der Waals surface area (Å²) in [4.78, 5) is 13.5. The zero-order valence-corrected chi connectivity index (χ0v) is 33.2. The number of hydrogen-bond donors (Lipinski definition) is 1. The van der Waals surface area contributed by atoms with Crippen LogP contribution in [0.4, 0.5) is 22.9 Å². The van der Waals surface area contributed by atoms with Gasteiger partial charge in [-0.2, -0.15) is 10.4 Å². The van der Waals surface area contributed by atoms with Crippen molar-refractivity contribution >= 4 is 49.0 Å². The zero-order chi connectivity index (χ0) is 31.2. The van der Waals surface area contributed by atoms with Gasteiger partial charge in [-0.15, -0.1) is 10.2 Å². The van der Waals surface area contributed by atoms with E-state index < -0.39 is 30.9 Å². The standard InChI is InChI=1S/C26H31N7O7S2.2K/c1-5-32(10-6-7-11-41(35,36)37)21-8-9-23(24(14-21)29-19(4)34)30-31-26-20(15-27)16-28-33(26)25-17(2)12-22(13-18(25)3)42(38,39)40;;/h8-9,12-14,16H,5-7,10-11H2,1-4H3,(H,29,34)(H,35,36,37)(H,38,39,40);;/q;2*+1/p-2. The SMILES string of the molecule is CCN(CCCCS(=O)(=O)[O-])c1ccc(N=Nc2c(C#N)cnn2-c2c(C)cc(S(=O)(=O)[O-])cc2C)c(NC(C)=O)c1.[K+].[K+]. The normalized spacial score (nSPS) is 11.4. The van der Waals surface area contributed by atoms with Gasteiger partial charge in [-0.25, -0.2) is 21.5 Å². The Hall–Kier alpha value is -0.897. The molecule has 0 atom stereocenters. The number of benzene rings is 2. The van der Waals surface area contributed by atoms with Crippen LogP contribution in [0.3, 0.4) is 0 Å². The van der Waals surface area contributed by atoms with Crippen LogP contribution in [0.1, 0.15) is 43.4 Å². The van der Waals surface area contributed by atoms with Gasteiger partial charge >= 0.3 is 103 Å². The zero-order valence-electron chi connectivity index (χ0n) is 25.4. The molecule has 0 spiro atoms. The molecule has 0 aliphatic heterocycles. The maximum atomic E-state index is 12.0. The van der Waals surface area contributed by atoms with Crippen LogP contribution in [0.15, 0.2) is 51.7 Å². The maximum Gasteiger partial charge on any atom is 1.00 e. The molecule has 0 fully saturated rings. The molecule has 18 heteroatoms. The van der Waals surface area contributed by atoms with E-state index in [1.807, 2.05) is 17.9 Å². The van der Waals surface area contributed by atoms with Gasteiger partial charge in [-0.3, -0.25) is 4.79 Å². The summed E-state index contributed by atoms with van der Waals surface area (Å²) in [5.74, 6) is -0.763. The van der Waals surface area contributed by atoms with E-state index in [4.69, 9.17) is 0 Å². The molecular formula is C26H29K2N7O7S2. The van der Waals surface area contributed by atoms with Gasteiger partial charge in [0.05, 0.1) is 32.6 Å². The van der Waals surface area contributed by atoms with Crippen LogP contribution < -0.4 is 113 Å². The number of nitrogens with zero attached hydrogens (tertiary/aromatic N) is 6. The largest absolute Gasteiger partial charge is 1.00 e. The van der Waals surface area contributed by atoms with Gasteiger partial charge in [-0.1, -0.05) is 0 Å². The number of nitriles is 1. The Morgan fingerprint density at radius 2 is 1.70 bits per heavy atom. The molecule has 0 aliphatic rings. The molecule has 224 valence electrons. The molecule has 0 saturated heterocycles. The van der Waals surface area contributed by atoms with Gasteiger partial charge in [0.2, 0.25) is 5.91 Å². The van der Waals surface area contributed by atoms with Crippen molar-refractivity contribution in [2.45, 2.75) is 45.4 Å². The molecule has 0 bridgehead atoms. The van der Waals surface area contributed by atoms with E-state index in [0.29, 0.717) is 47.7 Å². The molecule has 0 aliphatic carbocycles. The van der Waals surface area contributed by atoms with Gasteiger partial charge in [0.25, 0.3) is 0 Å². The Morgan fingerprint density at radius 1 is 1.07 bits per heavy atom. The Labute approximate surface area is 342 Å². The number of anilines is 2. The van der Waals surface area contributed by atoms with Crippen molar-refractivity contribution in [1.29, 1.82) is 5.26 Å². The summed E-state index contributed by atoms with van der Waals surface area (Å²) in [6, 6.07) is 9.46. The second-order valence-corrected chi connectivity index (χ2v) is 12.3. The van der Waals surface area contributed by atoms with Crippen LogP contribution in [-0.2, 0) is 25.0 Å². The van der Waals surface area contributed by atoms with Crippen molar-refractivity contribution in [2.24, 2.45) is 10.2 Å². The molecule has 0 unspecified atom stereocenters. The second-order valence-electron chi connectivity index (χ2n) is 9.40. The molecule has 2 aromatic carbocycles. The minimum atomic E-state index is -4.69. The number of carbonyl (C=O) groups is 1. The summed E-state index contributed by atoms with van der Waals surface area (Å²) in [6.07, 6.45) is 1.96. The summed E-state index contributed by atoms with van der Waals surface area (Å²) in [5.41, 5.74) is 2.61. The molecule has 0 saturated carbocycles. The van der Waals surface area contributed by atoms with Crippen LogP contribution in [0.2, 0.25) is 0 Å². The Kier molecular flexibility index (Phi) is 16.7. The molecule has 44 heavy (non-hydrogen) atoms. The van der Waals surface area contributed by atoms with Gasteiger partial charge in [0.1, 0.15) is 27.4 Å². The third-order valence-corrected chi connectivity index (χ3v) is 7.79. The molecule has 3 rings (SSSR count). The molecule has 14 nitrogen and oxygen atoms in total. The summed E-state index contributed by atoms with van der Waals surface area (Å²) in [6.45, 7) is 7.47. The van der Waals surface area contributed by atoms with Gasteiger partial charge in [0.15, 0.2) is 5.82 Å². The molecule has 3 aromatic rings. The summed E-state index contributed by atoms with van der Waals surface area (Å²) in [7, 11) is -8.98. The van der Waals surface area contributed by atoms with E-state index in [9.17, 15) is 36.0 Å². The van der Waals surface area contributed by atoms with Crippen LogP contribution in [0.25, 0.3) is 5.69 Å². The molecule has 1 aromatic heterocycles. The van der Waals surface area contributed by atoms with E-state index in [1.165, 1.54) is 29.9 Å². The fourth-order valence-corrected chi connectivity index (χ4v) is 5.53. The first-order valence-corrected chi connectivity index (χ1v) is 15.7. The van der Waals surface area contributed by atoms with Crippen molar-refractivity contribution < 1.29 is 134 Å². The number of hydrogen-bond acceptors (Lipinski definition) is 12. The Morgan fingerprint density at radius 3 is 2.23 bits per heavy atom. The number of unbranched alkanes of at least 4 members (excludes halogenated alkanes) is 1. The van der Waals surface area contributed by atoms with E-state index in [2.05, 4.69) is 20.6 Å². The number of azo groups is 1. The second kappa shape index (κ2) is 17.9. The summed E-state index contributed by atoms with van der Waals surface area (Å²) < 4.78 is 68.6. The average molecular weight is 694 g/mol. The predicted molar refractivity (Wildman–Crippen MR) is 152 cm³/mol. The first-order chi connectivity index (χ1) is 19.6. The summed E-state index contributed by atoms with van der Waals surface area (Å²) >= 11 is 0. The molecule has 1 N–H and O–H groups in total. The first-order valence-electron chi connectivity index (χ1n) is 12.7. The number of amides is 1. The smallest absolute Gasteiger partial charge is 0.748 e. The van der Waals surface area contributed by atoms with E-state index in [0.717, 1.165) is 0 Å². The fraction of sp³-hybridized carbons (Fsp3) is 0.346. The third kappa shape index (κ3) is 11.4.